The van der Waals surface area contributed by atoms with E-state index >= 15 is 0 Å². The lowest BCUT2D eigenvalue weighted by atomic mass is 10.2. The lowest BCUT2D eigenvalue weighted by Crippen LogP contribution is -2.67. The largest absolute Gasteiger partial charge is 0.405 e. The van der Waals surface area contributed by atoms with E-state index in [1.54, 1.807) is 0 Å². The van der Waals surface area contributed by atoms with E-state index < -0.39 is 24.4 Å². The van der Waals surface area contributed by atoms with E-state index in [0.29, 0.717) is 0 Å². The molecule has 0 saturated heterocycles. The Hall–Kier alpha value is -2.51. The van der Waals surface area contributed by atoms with Gasteiger partial charge in [0, 0.05) is 0 Å². The molecule has 1 N–H and O–H groups in total. The zero-order valence-electron chi connectivity index (χ0n) is 19.7. The molecule has 0 aliphatic rings. The van der Waals surface area contributed by atoms with Crippen LogP contribution in [-0.2, 0) is 14.4 Å². The highest BCUT2D eigenvalue weighted by Gasteiger charge is 2.50. The molecule has 0 unspecified atom stereocenters. The maximum atomic E-state index is 12.1. The normalized spacial score (nSPS) is 13.8. The topological polar surface area (TPSA) is 55.4 Å². The van der Waals surface area contributed by atoms with Gasteiger partial charge in [0.2, 0.25) is 10.0 Å². The van der Waals surface area contributed by atoms with Gasteiger partial charge in [-0.25, -0.2) is 13.1 Å². The maximum absolute atomic E-state index is 12.1. The van der Waals surface area contributed by atoms with Crippen molar-refractivity contribution < 1.29 is 12.8 Å². The highest BCUT2D eigenvalue weighted by atomic mass is 32.2. The molecular weight excluding hydrogens is 446 g/mol. The molecule has 6 heteroatoms. The van der Waals surface area contributed by atoms with Gasteiger partial charge >= 0.3 is 0 Å². The third-order valence-corrected chi connectivity index (χ3v) is 11.3. The Kier molecular flexibility index (Phi) is 8.08. The quantitative estimate of drug-likeness (QED) is 0.468. The number of hydrogen-bond donors (Lipinski definition) is 1. The van der Waals surface area contributed by atoms with Crippen molar-refractivity contribution in [2.45, 2.75) is 31.9 Å². The summed E-state index contributed by atoms with van der Waals surface area (Å²) in [7, 11) is -6.19. The van der Waals surface area contributed by atoms with Crippen LogP contribution in [0.1, 0.15) is 26.3 Å². The highest BCUT2D eigenvalue weighted by molar-refractivity contribution is 7.88. The number of sulfonamides is 1. The minimum Gasteiger partial charge on any atom is -0.405 e. The summed E-state index contributed by atoms with van der Waals surface area (Å²) < 4.78 is 33.9. The first-order chi connectivity index (χ1) is 15.6. The molecule has 0 saturated carbocycles. The van der Waals surface area contributed by atoms with Crippen molar-refractivity contribution in [2.75, 3.05) is 12.9 Å². The Morgan fingerprint density at radius 3 is 1.73 bits per heavy atom. The van der Waals surface area contributed by atoms with Crippen LogP contribution in [0.15, 0.2) is 97.1 Å². The second-order valence-corrected chi connectivity index (χ2v) is 15.3. The van der Waals surface area contributed by atoms with Crippen LogP contribution in [0.4, 0.5) is 0 Å². The lowest BCUT2D eigenvalue weighted by Gasteiger charge is -2.43. The summed E-state index contributed by atoms with van der Waals surface area (Å²) in [5.74, 6) is 0. The second-order valence-electron chi connectivity index (χ2n) is 9.24. The average Bonchev–Trinajstić information content (AvgIpc) is 2.78. The molecule has 0 bridgehead atoms. The van der Waals surface area contributed by atoms with Gasteiger partial charge in [-0.1, -0.05) is 124 Å². The maximum Gasteiger partial charge on any atom is 0.261 e. The van der Waals surface area contributed by atoms with Gasteiger partial charge in [0.05, 0.1) is 18.9 Å². The standard InChI is InChI=1S/C27H33NO3SSi/c1-27(2,3)33(25-16-10-6-11-17-25,26-18-12-7-13-19-26)31-22-24(28-32(4,29)30)21-20-23-14-8-5-9-15-23/h5-21,24,28H,22H2,1-4H3/b21-20+/t24-/m0/s1. The molecule has 4 nitrogen and oxygen atoms in total. The summed E-state index contributed by atoms with van der Waals surface area (Å²) in [6.45, 7) is 6.85. The molecule has 0 radical (unpaired) electrons. The van der Waals surface area contributed by atoms with E-state index in [1.807, 2.05) is 78.9 Å². The molecule has 0 amide bonds. The van der Waals surface area contributed by atoms with E-state index in [2.05, 4.69) is 49.8 Å². The molecule has 0 heterocycles. The summed E-state index contributed by atoms with van der Waals surface area (Å²) in [4.78, 5) is 0. The van der Waals surface area contributed by atoms with Crippen molar-refractivity contribution in [3.8, 4) is 0 Å². The molecule has 0 aliphatic carbocycles. The zero-order chi connectivity index (χ0) is 24.0. The minimum atomic E-state index is -3.43. The first kappa shape index (κ1) is 25.1. The Morgan fingerprint density at radius 1 is 0.848 bits per heavy atom. The number of nitrogens with one attached hydrogen (secondary N) is 1. The Balaban J connectivity index is 2.02. The molecule has 0 spiro atoms. The molecule has 33 heavy (non-hydrogen) atoms. The van der Waals surface area contributed by atoms with Gasteiger partial charge in [0.15, 0.2) is 0 Å². The van der Waals surface area contributed by atoms with Crippen molar-refractivity contribution in [3.63, 3.8) is 0 Å². The van der Waals surface area contributed by atoms with Gasteiger partial charge in [-0.3, -0.25) is 0 Å². The Morgan fingerprint density at radius 2 is 1.30 bits per heavy atom. The number of benzene rings is 3. The average molecular weight is 480 g/mol. The summed E-state index contributed by atoms with van der Waals surface area (Å²) in [5, 5.41) is 2.14. The predicted molar refractivity (Wildman–Crippen MR) is 141 cm³/mol. The van der Waals surface area contributed by atoms with Crippen LogP contribution in [0.25, 0.3) is 6.08 Å². The fourth-order valence-electron chi connectivity index (χ4n) is 4.17. The van der Waals surface area contributed by atoms with Crippen LogP contribution in [0, 0.1) is 0 Å². The van der Waals surface area contributed by atoms with Gasteiger partial charge in [0.1, 0.15) is 0 Å². The van der Waals surface area contributed by atoms with Gasteiger partial charge < -0.3 is 4.43 Å². The second kappa shape index (κ2) is 10.6. The molecule has 0 fully saturated rings. The smallest absolute Gasteiger partial charge is 0.261 e. The summed E-state index contributed by atoms with van der Waals surface area (Å²) in [6.07, 6.45) is 4.98. The van der Waals surface area contributed by atoms with E-state index in [9.17, 15) is 8.42 Å². The van der Waals surface area contributed by atoms with Crippen LogP contribution in [-0.4, -0.2) is 35.6 Å². The molecule has 3 aromatic carbocycles. The molecule has 1 atom stereocenters. The summed E-state index contributed by atoms with van der Waals surface area (Å²) in [5.41, 5.74) is 1.00. The van der Waals surface area contributed by atoms with Crippen LogP contribution in [0.2, 0.25) is 5.04 Å². The van der Waals surface area contributed by atoms with E-state index in [4.69, 9.17) is 4.43 Å². The van der Waals surface area contributed by atoms with Gasteiger partial charge in [0.25, 0.3) is 8.32 Å². The monoisotopic (exact) mass is 479 g/mol. The first-order valence-electron chi connectivity index (χ1n) is 11.1. The van der Waals surface area contributed by atoms with Gasteiger partial charge in [-0.2, -0.15) is 0 Å². The molecule has 0 aromatic heterocycles. The molecule has 0 aliphatic heterocycles. The fraction of sp³-hybridized carbons (Fsp3) is 0.259. The molecular formula is C27H33NO3SSi. The van der Waals surface area contributed by atoms with Gasteiger partial charge in [-0.15, -0.1) is 0 Å². The van der Waals surface area contributed by atoms with E-state index in [1.165, 1.54) is 6.26 Å². The highest BCUT2D eigenvalue weighted by Crippen LogP contribution is 2.36. The zero-order valence-corrected chi connectivity index (χ0v) is 21.5. The third-order valence-electron chi connectivity index (χ3n) is 5.58. The summed E-state index contributed by atoms with van der Waals surface area (Å²) in [6, 6.07) is 30.0. The first-order valence-corrected chi connectivity index (χ1v) is 14.9. The number of rotatable bonds is 9. The van der Waals surface area contributed by atoms with E-state index in [-0.39, 0.29) is 11.6 Å². The van der Waals surface area contributed by atoms with Crippen LogP contribution < -0.4 is 15.1 Å². The van der Waals surface area contributed by atoms with Crippen molar-refractivity contribution in [1.82, 2.24) is 4.72 Å². The van der Waals surface area contributed by atoms with Crippen molar-refractivity contribution >= 4 is 34.8 Å². The van der Waals surface area contributed by atoms with Crippen molar-refractivity contribution in [3.05, 3.63) is 103 Å². The summed E-state index contributed by atoms with van der Waals surface area (Å²) >= 11 is 0. The Bertz CT molecular complexity index is 1100. The van der Waals surface area contributed by atoms with Crippen LogP contribution in [0.3, 0.4) is 0 Å². The predicted octanol–water partition coefficient (Wildman–Crippen LogP) is 4.19. The Labute approximate surface area is 199 Å². The molecule has 3 rings (SSSR count). The molecule has 174 valence electrons. The van der Waals surface area contributed by atoms with Crippen LogP contribution >= 0.6 is 0 Å². The van der Waals surface area contributed by atoms with Crippen molar-refractivity contribution in [2.24, 2.45) is 0 Å². The van der Waals surface area contributed by atoms with E-state index in [0.717, 1.165) is 15.9 Å². The van der Waals surface area contributed by atoms with Crippen molar-refractivity contribution in [1.29, 1.82) is 0 Å². The third kappa shape index (κ3) is 6.51. The minimum absolute atomic E-state index is 0.186. The number of hydrogen-bond acceptors (Lipinski definition) is 3. The van der Waals surface area contributed by atoms with Crippen LogP contribution in [0.5, 0.6) is 0 Å². The lowest BCUT2D eigenvalue weighted by molar-refractivity contribution is 0.281. The van der Waals surface area contributed by atoms with Gasteiger partial charge in [-0.05, 0) is 21.0 Å². The SMILES string of the molecule is CC(C)(C)[Si](OC[C@H](/C=C/c1ccccc1)NS(C)(=O)=O)(c1ccccc1)c1ccccc1. The molecule has 3 aromatic rings. The fourth-order valence-corrected chi connectivity index (χ4v) is 9.45.